The molecule has 0 aliphatic carbocycles. The minimum Gasteiger partial charge on any atom is -0.396 e. The zero-order chi connectivity index (χ0) is 12.3. The van der Waals surface area contributed by atoms with Crippen molar-refractivity contribution in [1.82, 2.24) is 0 Å². The summed E-state index contributed by atoms with van der Waals surface area (Å²) in [4.78, 5) is 0. The van der Waals surface area contributed by atoms with Gasteiger partial charge in [-0.3, -0.25) is 0 Å². The SMILES string of the molecule is OCCc1cccc(-c2cc(Cl)cc(Cl)c2)c1. The highest BCUT2D eigenvalue weighted by atomic mass is 35.5. The molecule has 1 N–H and O–H groups in total. The van der Waals surface area contributed by atoms with Crippen molar-refractivity contribution in [1.29, 1.82) is 0 Å². The lowest BCUT2D eigenvalue weighted by Gasteiger charge is -2.06. The molecule has 0 aliphatic heterocycles. The van der Waals surface area contributed by atoms with E-state index in [4.69, 9.17) is 28.3 Å². The average Bonchev–Trinajstić information content (AvgIpc) is 2.28. The molecule has 17 heavy (non-hydrogen) atoms. The zero-order valence-corrected chi connectivity index (χ0v) is 10.7. The second-order valence-corrected chi connectivity index (χ2v) is 4.70. The summed E-state index contributed by atoms with van der Waals surface area (Å²) < 4.78 is 0. The second-order valence-electron chi connectivity index (χ2n) is 3.83. The fourth-order valence-corrected chi connectivity index (χ4v) is 2.28. The summed E-state index contributed by atoms with van der Waals surface area (Å²) in [5, 5.41) is 10.2. The molecule has 2 rings (SSSR count). The third-order valence-electron chi connectivity index (χ3n) is 2.52. The van der Waals surface area contributed by atoms with E-state index in [2.05, 4.69) is 0 Å². The summed E-state index contributed by atoms with van der Waals surface area (Å²) >= 11 is 12.0. The maximum Gasteiger partial charge on any atom is 0.0471 e. The van der Waals surface area contributed by atoms with Crippen molar-refractivity contribution in [2.24, 2.45) is 0 Å². The molecule has 3 heteroatoms. The van der Waals surface area contributed by atoms with Crippen molar-refractivity contribution >= 4 is 23.2 Å². The summed E-state index contributed by atoms with van der Waals surface area (Å²) in [6, 6.07) is 13.5. The zero-order valence-electron chi connectivity index (χ0n) is 9.16. The first-order chi connectivity index (χ1) is 8.19. The molecule has 2 aromatic carbocycles. The molecular weight excluding hydrogens is 255 g/mol. The van der Waals surface area contributed by atoms with Crippen LogP contribution < -0.4 is 0 Å². The van der Waals surface area contributed by atoms with Crippen molar-refractivity contribution in [3.63, 3.8) is 0 Å². The van der Waals surface area contributed by atoms with E-state index in [1.807, 2.05) is 36.4 Å². The maximum atomic E-state index is 8.93. The van der Waals surface area contributed by atoms with Gasteiger partial charge in [-0.1, -0.05) is 47.5 Å². The molecule has 0 amide bonds. The number of aliphatic hydroxyl groups is 1. The quantitative estimate of drug-likeness (QED) is 0.883. The maximum absolute atomic E-state index is 8.93. The number of hydrogen-bond acceptors (Lipinski definition) is 1. The number of benzene rings is 2. The fourth-order valence-electron chi connectivity index (χ4n) is 1.76. The van der Waals surface area contributed by atoms with E-state index in [1.165, 1.54) is 0 Å². The van der Waals surface area contributed by atoms with Crippen LogP contribution in [0.15, 0.2) is 42.5 Å². The molecule has 0 atom stereocenters. The molecule has 88 valence electrons. The van der Waals surface area contributed by atoms with Crippen LogP contribution in [0, 0.1) is 0 Å². The Labute approximate surface area is 111 Å². The molecule has 0 bridgehead atoms. The van der Waals surface area contributed by atoms with Crippen LogP contribution >= 0.6 is 23.2 Å². The number of halogens is 2. The number of rotatable bonds is 3. The molecule has 0 fully saturated rings. The normalized spacial score (nSPS) is 10.5. The first kappa shape index (κ1) is 12.4. The Kier molecular flexibility index (Phi) is 4.06. The monoisotopic (exact) mass is 266 g/mol. The standard InChI is InChI=1S/C14H12Cl2O/c15-13-7-12(8-14(16)9-13)11-3-1-2-10(6-11)4-5-17/h1-3,6-9,17H,4-5H2. The highest BCUT2D eigenvalue weighted by Gasteiger charge is 2.02. The second kappa shape index (κ2) is 5.54. The molecule has 0 unspecified atom stereocenters. The fraction of sp³-hybridized carbons (Fsp3) is 0.143. The van der Waals surface area contributed by atoms with Crippen LogP contribution in [0.5, 0.6) is 0 Å². The Balaban J connectivity index is 2.41. The predicted octanol–water partition coefficient (Wildman–Crippen LogP) is 4.20. The van der Waals surface area contributed by atoms with Crippen molar-refractivity contribution in [2.45, 2.75) is 6.42 Å². The Morgan fingerprint density at radius 1 is 0.882 bits per heavy atom. The van der Waals surface area contributed by atoms with Crippen molar-refractivity contribution < 1.29 is 5.11 Å². The Morgan fingerprint density at radius 3 is 2.24 bits per heavy atom. The van der Waals surface area contributed by atoms with Gasteiger partial charge in [0.15, 0.2) is 0 Å². The van der Waals surface area contributed by atoms with E-state index in [9.17, 15) is 0 Å². The van der Waals surface area contributed by atoms with E-state index in [0.29, 0.717) is 16.5 Å². The Hall–Kier alpha value is -1.02. The summed E-state index contributed by atoms with van der Waals surface area (Å²) in [6.45, 7) is 0.153. The molecule has 0 aromatic heterocycles. The van der Waals surface area contributed by atoms with Crippen LogP contribution in [0.4, 0.5) is 0 Å². The molecule has 0 saturated carbocycles. The van der Waals surface area contributed by atoms with E-state index in [-0.39, 0.29) is 6.61 Å². The Bertz CT molecular complexity index is 503. The summed E-state index contributed by atoms with van der Waals surface area (Å²) in [5.74, 6) is 0. The lowest BCUT2D eigenvalue weighted by molar-refractivity contribution is 0.299. The molecule has 0 aliphatic rings. The van der Waals surface area contributed by atoms with Crippen LogP contribution in [-0.2, 0) is 6.42 Å². The van der Waals surface area contributed by atoms with E-state index >= 15 is 0 Å². The molecule has 0 radical (unpaired) electrons. The summed E-state index contributed by atoms with van der Waals surface area (Å²) in [5.41, 5.74) is 3.14. The van der Waals surface area contributed by atoms with Crippen molar-refractivity contribution in [3.05, 3.63) is 58.1 Å². The number of aliphatic hydroxyl groups excluding tert-OH is 1. The molecule has 0 saturated heterocycles. The van der Waals surface area contributed by atoms with Gasteiger partial charge in [0.1, 0.15) is 0 Å². The highest BCUT2D eigenvalue weighted by Crippen LogP contribution is 2.27. The van der Waals surface area contributed by atoms with Gasteiger partial charge >= 0.3 is 0 Å². The highest BCUT2D eigenvalue weighted by molar-refractivity contribution is 6.35. The first-order valence-electron chi connectivity index (χ1n) is 5.35. The topological polar surface area (TPSA) is 20.2 Å². The molecule has 2 aromatic rings. The van der Waals surface area contributed by atoms with Gasteiger partial charge in [0, 0.05) is 16.7 Å². The predicted molar refractivity (Wildman–Crippen MR) is 72.7 cm³/mol. The first-order valence-corrected chi connectivity index (χ1v) is 6.11. The lowest BCUT2D eigenvalue weighted by atomic mass is 10.0. The van der Waals surface area contributed by atoms with Gasteiger partial charge in [0.25, 0.3) is 0 Å². The summed E-state index contributed by atoms with van der Waals surface area (Å²) in [7, 11) is 0. The molecule has 0 heterocycles. The largest absolute Gasteiger partial charge is 0.396 e. The molecular formula is C14H12Cl2O. The van der Waals surface area contributed by atoms with Gasteiger partial charge in [-0.2, -0.15) is 0 Å². The van der Waals surface area contributed by atoms with E-state index < -0.39 is 0 Å². The van der Waals surface area contributed by atoms with Gasteiger partial charge < -0.3 is 5.11 Å². The number of hydrogen-bond donors (Lipinski definition) is 1. The van der Waals surface area contributed by atoms with Crippen LogP contribution in [-0.4, -0.2) is 11.7 Å². The van der Waals surface area contributed by atoms with Crippen LogP contribution in [0.3, 0.4) is 0 Å². The third kappa shape index (κ3) is 3.22. The van der Waals surface area contributed by atoms with Gasteiger partial charge in [-0.25, -0.2) is 0 Å². The van der Waals surface area contributed by atoms with Gasteiger partial charge in [-0.05, 0) is 41.3 Å². The van der Waals surface area contributed by atoms with Gasteiger partial charge in [0.05, 0.1) is 0 Å². The molecule has 1 nitrogen and oxygen atoms in total. The van der Waals surface area contributed by atoms with Crippen LogP contribution in [0.25, 0.3) is 11.1 Å². The molecule has 0 spiro atoms. The van der Waals surface area contributed by atoms with E-state index in [1.54, 1.807) is 6.07 Å². The average molecular weight is 267 g/mol. The smallest absolute Gasteiger partial charge is 0.0471 e. The minimum absolute atomic E-state index is 0.153. The van der Waals surface area contributed by atoms with E-state index in [0.717, 1.165) is 16.7 Å². The van der Waals surface area contributed by atoms with Gasteiger partial charge in [0.2, 0.25) is 0 Å². The van der Waals surface area contributed by atoms with Gasteiger partial charge in [-0.15, -0.1) is 0 Å². The minimum atomic E-state index is 0.153. The lowest BCUT2D eigenvalue weighted by Crippen LogP contribution is -1.90. The summed E-state index contributed by atoms with van der Waals surface area (Å²) in [6.07, 6.45) is 0.655. The van der Waals surface area contributed by atoms with Crippen molar-refractivity contribution in [3.8, 4) is 11.1 Å². The Morgan fingerprint density at radius 2 is 1.59 bits per heavy atom. The van der Waals surface area contributed by atoms with Crippen LogP contribution in [0.1, 0.15) is 5.56 Å². The third-order valence-corrected chi connectivity index (χ3v) is 2.96. The van der Waals surface area contributed by atoms with Crippen LogP contribution in [0.2, 0.25) is 10.0 Å². The van der Waals surface area contributed by atoms with Crippen molar-refractivity contribution in [2.75, 3.05) is 6.61 Å².